The molecule has 0 spiro atoms. The Kier molecular flexibility index (Phi) is 8.75. The second-order valence-corrected chi connectivity index (χ2v) is 10.4. The summed E-state index contributed by atoms with van der Waals surface area (Å²) >= 11 is 0. The molecule has 2 fully saturated rings. The molecule has 11 nitrogen and oxygen atoms in total. The second kappa shape index (κ2) is 12.8. The third-order valence-electron chi connectivity index (χ3n) is 7.70. The van der Waals surface area contributed by atoms with Crippen molar-refractivity contribution in [2.24, 2.45) is 5.92 Å². The normalized spacial score (nSPS) is 18.3. The molecule has 2 N–H and O–H groups in total. The Morgan fingerprint density at radius 3 is 2.36 bits per heavy atom. The van der Waals surface area contributed by atoms with Crippen molar-refractivity contribution in [3.8, 4) is 11.5 Å². The Labute approximate surface area is 243 Å². The molecule has 1 aliphatic heterocycles. The lowest BCUT2D eigenvalue weighted by Crippen LogP contribution is -2.63. The molecule has 42 heavy (non-hydrogen) atoms. The fourth-order valence-electron chi connectivity index (χ4n) is 5.56. The Morgan fingerprint density at radius 1 is 0.976 bits per heavy atom. The van der Waals surface area contributed by atoms with Crippen LogP contribution in [0.3, 0.4) is 0 Å². The van der Waals surface area contributed by atoms with Gasteiger partial charge in [0.2, 0.25) is 11.8 Å². The van der Waals surface area contributed by atoms with Crippen LogP contribution >= 0.6 is 0 Å². The molecule has 5 rings (SSSR count). The zero-order valence-corrected chi connectivity index (χ0v) is 23.6. The summed E-state index contributed by atoms with van der Waals surface area (Å²) < 4.78 is 15.8. The first-order valence-electron chi connectivity index (χ1n) is 13.9. The van der Waals surface area contributed by atoms with E-state index in [1.165, 1.54) is 24.0 Å². The summed E-state index contributed by atoms with van der Waals surface area (Å²) in [4.78, 5) is 55.6. The first kappa shape index (κ1) is 28.7. The Bertz CT molecular complexity index is 1420. The predicted octanol–water partition coefficient (Wildman–Crippen LogP) is 4.19. The smallest absolute Gasteiger partial charge is 0.327 e. The number of hydrogen-bond acceptors (Lipinski definition) is 7. The lowest BCUT2D eigenvalue weighted by Gasteiger charge is -2.46. The quantitative estimate of drug-likeness (QED) is 0.371. The van der Waals surface area contributed by atoms with Crippen LogP contribution in [0, 0.1) is 5.92 Å². The van der Waals surface area contributed by atoms with Crippen molar-refractivity contribution < 1.29 is 33.1 Å². The maximum absolute atomic E-state index is 13.7. The van der Waals surface area contributed by atoms with E-state index in [0.717, 1.165) is 12.8 Å². The lowest BCUT2D eigenvalue weighted by molar-refractivity contribution is -0.142. The first-order chi connectivity index (χ1) is 20.4. The molecule has 220 valence electrons. The van der Waals surface area contributed by atoms with E-state index in [1.807, 2.05) is 0 Å². The van der Waals surface area contributed by atoms with Gasteiger partial charge in [-0.3, -0.25) is 19.3 Å². The topological polar surface area (TPSA) is 130 Å². The molecule has 1 aliphatic carbocycles. The number of carbonyl (C=O) groups excluding carboxylic acids is 4. The molecule has 2 heterocycles. The Hall–Kier alpha value is -4.80. The van der Waals surface area contributed by atoms with Gasteiger partial charge in [0, 0.05) is 35.5 Å². The summed E-state index contributed by atoms with van der Waals surface area (Å²) in [6, 6.07) is 14.5. The van der Waals surface area contributed by atoms with Crippen molar-refractivity contribution in [1.29, 1.82) is 0 Å². The molecular formula is C31H34N4O7. The van der Waals surface area contributed by atoms with Crippen LogP contribution in [0.25, 0.3) is 0 Å². The third kappa shape index (κ3) is 6.40. The summed E-state index contributed by atoms with van der Waals surface area (Å²) in [5, 5.41) is 5.62. The summed E-state index contributed by atoms with van der Waals surface area (Å²) in [6.07, 6.45) is 4.64. The lowest BCUT2D eigenvalue weighted by atomic mass is 9.81. The summed E-state index contributed by atoms with van der Waals surface area (Å²) in [5.41, 5.74) is 1.62. The van der Waals surface area contributed by atoms with E-state index < -0.39 is 6.03 Å². The standard InChI is InChI=1S/C31H34N4O7/c1-40-24-14-22(15-25(16-24)41-2)33-28(36)19-34-27-8-4-3-7-26(27)30(38)35(31(34)39)18-20-9-11-21(12-10-20)29(37)32-17-23-6-5-13-42-23/h5-6,9-16,26-27H,3-4,7-8,17-19H2,1-2H3,(H,32,37)(H,33,36). The highest BCUT2D eigenvalue weighted by Gasteiger charge is 2.47. The second-order valence-electron chi connectivity index (χ2n) is 10.4. The van der Waals surface area contributed by atoms with Gasteiger partial charge in [0.05, 0.1) is 39.5 Å². The van der Waals surface area contributed by atoms with Crippen molar-refractivity contribution in [2.45, 2.75) is 44.8 Å². The fourth-order valence-corrected chi connectivity index (χ4v) is 5.56. The van der Waals surface area contributed by atoms with Gasteiger partial charge in [-0.15, -0.1) is 0 Å². The van der Waals surface area contributed by atoms with E-state index in [9.17, 15) is 19.2 Å². The highest BCUT2D eigenvalue weighted by molar-refractivity contribution is 6.01. The summed E-state index contributed by atoms with van der Waals surface area (Å²) in [7, 11) is 3.04. The van der Waals surface area contributed by atoms with Gasteiger partial charge in [-0.25, -0.2) is 4.79 Å². The average molecular weight is 575 g/mol. The number of hydrogen-bond donors (Lipinski definition) is 2. The molecule has 11 heteroatoms. The molecule has 1 saturated carbocycles. The van der Waals surface area contributed by atoms with Crippen LogP contribution in [0.5, 0.6) is 11.5 Å². The van der Waals surface area contributed by atoms with Gasteiger partial charge in [0.25, 0.3) is 5.91 Å². The number of imide groups is 1. The number of rotatable bonds is 10. The van der Waals surface area contributed by atoms with E-state index in [4.69, 9.17) is 13.9 Å². The highest BCUT2D eigenvalue weighted by Crippen LogP contribution is 2.35. The molecule has 5 amide bonds. The fraction of sp³-hybridized carbons (Fsp3) is 0.355. The SMILES string of the molecule is COc1cc(NC(=O)CN2C(=O)N(Cc3ccc(C(=O)NCc4ccco4)cc3)C(=O)C3CCCCC32)cc(OC)c1. The van der Waals surface area contributed by atoms with Crippen LogP contribution in [0.4, 0.5) is 10.5 Å². The number of methoxy groups -OCH3 is 2. The maximum Gasteiger partial charge on any atom is 0.327 e. The molecule has 0 bridgehead atoms. The van der Waals surface area contributed by atoms with E-state index in [2.05, 4.69) is 10.6 Å². The van der Waals surface area contributed by atoms with E-state index in [-0.39, 0.29) is 49.3 Å². The number of carbonyl (C=O) groups is 4. The summed E-state index contributed by atoms with van der Waals surface area (Å²) in [6.45, 7) is 0.111. The highest BCUT2D eigenvalue weighted by atomic mass is 16.5. The number of fused-ring (bicyclic) bond motifs is 1. The van der Waals surface area contributed by atoms with Crippen LogP contribution in [0.15, 0.2) is 65.3 Å². The molecule has 2 aromatic carbocycles. The van der Waals surface area contributed by atoms with Gasteiger partial charge in [-0.05, 0) is 42.7 Å². The van der Waals surface area contributed by atoms with Crippen molar-refractivity contribution in [3.05, 3.63) is 77.7 Å². The Morgan fingerprint density at radius 2 is 1.69 bits per heavy atom. The molecule has 1 saturated heterocycles. The number of amides is 5. The van der Waals surface area contributed by atoms with Gasteiger partial charge < -0.3 is 29.4 Å². The van der Waals surface area contributed by atoms with E-state index in [1.54, 1.807) is 60.9 Å². The molecular weight excluding hydrogens is 540 g/mol. The minimum absolute atomic E-state index is 0.0420. The van der Waals surface area contributed by atoms with Crippen LogP contribution < -0.4 is 20.1 Å². The zero-order valence-electron chi connectivity index (χ0n) is 23.6. The molecule has 2 atom stereocenters. The number of urea groups is 1. The molecule has 1 aromatic heterocycles. The van der Waals surface area contributed by atoms with Crippen LogP contribution in [-0.4, -0.2) is 60.4 Å². The van der Waals surface area contributed by atoms with Crippen LogP contribution in [-0.2, 0) is 22.7 Å². The van der Waals surface area contributed by atoms with E-state index in [0.29, 0.717) is 46.9 Å². The molecule has 2 aliphatic rings. The van der Waals surface area contributed by atoms with Crippen molar-refractivity contribution in [3.63, 3.8) is 0 Å². The van der Waals surface area contributed by atoms with Gasteiger partial charge in [0.15, 0.2) is 0 Å². The number of nitrogens with one attached hydrogen (secondary N) is 2. The van der Waals surface area contributed by atoms with Gasteiger partial charge >= 0.3 is 6.03 Å². The zero-order chi connectivity index (χ0) is 29.6. The largest absolute Gasteiger partial charge is 0.497 e. The van der Waals surface area contributed by atoms with Crippen molar-refractivity contribution in [1.82, 2.24) is 15.1 Å². The number of nitrogens with zero attached hydrogens (tertiary/aromatic N) is 2. The number of furan rings is 1. The van der Waals surface area contributed by atoms with E-state index >= 15 is 0 Å². The van der Waals surface area contributed by atoms with Crippen LogP contribution in [0.1, 0.15) is 47.4 Å². The van der Waals surface area contributed by atoms with Gasteiger partial charge in [-0.2, -0.15) is 0 Å². The molecule has 2 unspecified atom stereocenters. The summed E-state index contributed by atoms with van der Waals surface area (Å²) in [5.74, 6) is 0.436. The minimum atomic E-state index is -0.498. The predicted molar refractivity (Wildman–Crippen MR) is 153 cm³/mol. The van der Waals surface area contributed by atoms with Crippen molar-refractivity contribution in [2.75, 3.05) is 26.1 Å². The number of ether oxygens (including phenoxy) is 2. The first-order valence-corrected chi connectivity index (χ1v) is 13.9. The maximum atomic E-state index is 13.7. The molecule has 0 radical (unpaired) electrons. The van der Waals surface area contributed by atoms with Gasteiger partial charge in [0.1, 0.15) is 23.8 Å². The van der Waals surface area contributed by atoms with Crippen molar-refractivity contribution >= 4 is 29.4 Å². The van der Waals surface area contributed by atoms with Crippen LogP contribution in [0.2, 0.25) is 0 Å². The monoisotopic (exact) mass is 574 g/mol. The van der Waals surface area contributed by atoms with Gasteiger partial charge in [-0.1, -0.05) is 25.0 Å². The number of benzene rings is 2. The Balaban J connectivity index is 1.27. The molecule has 3 aromatic rings. The third-order valence-corrected chi connectivity index (χ3v) is 7.70. The number of anilines is 1. The minimum Gasteiger partial charge on any atom is -0.497 e. The average Bonchev–Trinajstić information content (AvgIpc) is 3.54.